The first-order chi connectivity index (χ1) is 14.4. The number of amides is 1. The van der Waals surface area contributed by atoms with Crippen LogP contribution in [0.25, 0.3) is 5.82 Å². The molecule has 5 nitrogen and oxygen atoms in total. The number of halogens is 2. The van der Waals surface area contributed by atoms with Crippen molar-refractivity contribution in [1.82, 2.24) is 20.1 Å². The first-order valence-corrected chi connectivity index (χ1v) is 10.1. The van der Waals surface area contributed by atoms with Crippen LogP contribution in [0.2, 0.25) is 0 Å². The molecular weight excluding hydrogens is 386 g/mol. The maximum absolute atomic E-state index is 14.5. The second kappa shape index (κ2) is 7.97. The Balaban J connectivity index is 1.51. The molecule has 0 bridgehead atoms. The molecule has 0 radical (unpaired) electrons. The zero-order valence-electron chi connectivity index (χ0n) is 17.1. The Bertz CT molecular complexity index is 1050. The van der Waals surface area contributed by atoms with E-state index in [0.717, 1.165) is 24.2 Å². The number of nitrogens with zero attached hydrogens (tertiary/aromatic N) is 3. The molecule has 1 aliphatic carbocycles. The van der Waals surface area contributed by atoms with Gasteiger partial charge in [0.1, 0.15) is 11.6 Å². The van der Waals surface area contributed by atoms with Crippen molar-refractivity contribution in [2.45, 2.75) is 44.9 Å². The van der Waals surface area contributed by atoms with Crippen LogP contribution in [0.5, 0.6) is 0 Å². The van der Waals surface area contributed by atoms with Crippen molar-refractivity contribution in [3.05, 3.63) is 76.7 Å². The Morgan fingerprint density at radius 1 is 1.13 bits per heavy atom. The van der Waals surface area contributed by atoms with Gasteiger partial charge >= 0.3 is 0 Å². The van der Waals surface area contributed by atoms with E-state index in [1.165, 1.54) is 24.4 Å². The molecule has 2 aromatic heterocycles. The van der Waals surface area contributed by atoms with Gasteiger partial charge in [-0.3, -0.25) is 4.79 Å². The molecule has 3 aromatic rings. The highest BCUT2D eigenvalue weighted by Gasteiger charge is 2.40. The molecule has 0 atom stereocenters. The lowest BCUT2D eigenvalue weighted by Gasteiger charge is -2.30. The number of rotatable bonds is 5. The van der Waals surface area contributed by atoms with Gasteiger partial charge in [-0.05, 0) is 57.0 Å². The van der Waals surface area contributed by atoms with Gasteiger partial charge in [0.15, 0.2) is 5.82 Å². The summed E-state index contributed by atoms with van der Waals surface area (Å²) in [5.74, 6) is -0.799. The molecule has 4 rings (SSSR count). The third-order valence-electron chi connectivity index (χ3n) is 5.88. The number of nitrogens with one attached hydrogen (secondary N) is 1. The van der Waals surface area contributed by atoms with Crippen LogP contribution in [0.15, 0.2) is 42.6 Å². The number of benzene rings is 1. The van der Waals surface area contributed by atoms with Crippen LogP contribution in [-0.2, 0) is 5.41 Å². The first-order valence-electron chi connectivity index (χ1n) is 10.1. The van der Waals surface area contributed by atoms with Crippen molar-refractivity contribution in [1.29, 1.82) is 0 Å². The topological polar surface area (TPSA) is 59.8 Å². The van der Waals surface area contributed by atoms with E-state index in [2.05, 4.69) is 15.4 Å². The van der Waals surface area contributed by atoms with Gasteiger partial charge in [0.2, 0.25) is 0 Å². The maximum Gasteiger partial charge on any atom is 0.252 e. The Hall–Kier alpha value is -3.09. The number of aromatic nitrogens is 3. The van der Waals surface area contributed by atoms with Crippen molar-refractivity contribution >= 4 is 5.91 Å². The summed E-state index contributed by atoms with van der Waals surface area (Å²) in [6.45, 7) is 4.02. The van der Waals surface area contributed by atoms with Gasteiger partial charge in [-0.25, -0.2) is 18.4 Å². The number of pyridine rings is 1. The molecule has 1 aromatic carbocycles. The minimum atomic E-state index is -0.720. The highest BCUT2D eigenvalue weighted by atomic mass is 19.1. The molecule has 1 fully saturated rings. The van der Waals surface area contributed by atoms with E-state index in [1.54, 1.807) is 16.8 Å². The fraction of sp³-hybridized carbons (Fsp3) is 0.348. The second-order valence-corrected chi connectivity index (χ2v) is 8.01. The Kier molecular flexibility index (Phi) is 5.37. The van der Waals surface area contributed by atoms with Gasteiger partial charge < -0.3 is 5.32 Å². The summed E-state index contributed by atoms with van der Waals surface area (Å²) in [6.07, 6.45) is 4.53. The monoisotopic (exact) mass is 410 g/mol. The van der Waals surface area contributed by atoms with Crippen LogP contribution in [0, 0.1) is 25.5 Å². The molecule has 0 spiro atoms. The van der Waals surface area contributed by atoms with Gasteiger partial charge in [-0.15, -0.1) is 0 Å². The third-order valence-corrected chi connectivity index (χ3v) is 5.88. The predicted molar refractivity (Wildman–Crippen MR) is 110 cm³/mol. The van der Waals surface area contributed by atoms with Crippen LogP contribution in [0.1, 0.15) is 53.0 Å². The predicted octanol–water partition coefficient (Wildman–Crippen LogP) is 4.40. The van der Waals surface area contributed by atoms with E-state index >= 15 is 0 Å². The van der Waals surface area contributed by atoms with Gasteiger partial charge in [0.05, 0.1) is 11.3 Å². The van der Waals surface area contributed by atoms with Crippen LogP contribution < -0.4 is 5.32 Å². The van der Waals surface area contributed by atoms with E-state index < -0.39 is 17.0 Å². The lowest BCUT2D eigenvalue weighted by molar-refractivity contribution is 0.0941. The SMILES string of the molecule is Cc1cc(C)n(-c2ccc(C(=O)NCC3(c4c(F)cccc4F)CCCC3)cn2)n1. The summed E-state index contributed by atoms with van der Waals surface area (Å²) in [7, 11) is 0. The van der Waals surface area contributed by atoms with Crippen LogP contribution >= 0.6 is 0 Å². The Labute approximate surface area is 174 Å². The van der Waals surface area contributed by atoms with E-state index in [4.69, 9.17) is 0 Å². The maximum atomic E-state index is 14.5. The van der Waals surface area contributed by atoms with E-state index in [0.29, 0.717) is 24.2 Å². The van der Waals surface area contributed by atoms with Gasteiger partial charge in [0.25, 0.3) is 5.91 Å². The number of hydrogen-bond donors (Lipinski definition) is 1. The van der Waals surface area contributed by atoms with Crippen molar-refractivity contribution in [2.75, 3.05) is 6.54 Å². The molecule has 1 N–H and O–H groups in total. The fourth-order valence-corrected chi connectivity index (χ4v) is 4.43. The fourth-order valence-electron chi connectivity index (χ4n) is 4.43. The zero-order chi connectivity index (χ0) is 21.3. The molecule has 0 aliphatic heterocycles. The summed E-state index contributed by atoms with van der Waals surface area (Å²) < 4.78 is 30.6. The van der Waals surface area contributed by atoms with E-state index in [-0.39, 0.29) is 18.0 Å². The highest BCUT2D eigenvalue weighted by Crippen LogP contribution is 2.42. The number of carbonyl (C=O) groups excluding carboxylic acids is 1. The van der Waals surface area contributed by atoms with Gasteiger partial charge in [-0.1, -0.05) is 18.9 Å². The van der Waals surface area contributed by atoms with Crippen molar-refractivity contribution in [2.24, 2.45) is 0 Å². The lowest BCUT2D eigenvalue weighted by atomic mass is 9.78. The first kappa shape index (κ1) is 20.2. The molecule has 0 unspecified atom stereocenters. The van der Waals surface area contributed by atoms with Crippen LogP contribution in [-0.4, -0.2) is 27.2 Å². The lowest BCUT2D eigenvalue weighted by Crippen LogP contribution is -2.40. The quantitative estimate of drug-likeness (QED) is 0.678. The number of aryl methyl sites for hydroxylation is 2. The zero-order valence-corrected chi connectivity index (χ0v) is 17.1. The molecule has 7 heteroatoms. The molecule has 1 saturated carbocycles. The largest absolute Gasteiger partial charge is 0.351 e. The standard InChI is InChI=1S/C23H24F2N4O/c1-15-12-16(2)29(28-15)20-9-8-17(13-26-20)22(30)27-14-23(10-3-4-11-23)21-18(24)6-5-7-19(21)25/h5-9,12-13H,3-4,10-11,14H2,1-2H3,(H,27,30). The molecule has 1 aliphatic rings. The van der Waals surface area contributed by atoms with Crippen LogP contribution in [0.4, 0.5) is 8.78 Å². The molecule has 1 amide bonds. The molecule has 0 saturated heterocycles. The third kappa shape index (κ3) is 3.72. The Morgan fingerprint density at radius 2 is 1.83 bits per heavy atom. The number of hydrogen-bond acceptors (Lipinski definition) is 3. The molecule has 30 heavy (non-hydrogen) atoms. The van der Waals surface area contributed by atoms with Crippen molar-refractivity contribution < 1.29 is 13.6 Å². The molecule has 156 valence electrons. The summed E-state index contributed by atoms with van der Waals surface area (Å²) >= 11 is 0. The average molecular weight is 410 g/mol. The highest BCUT2D eigenvalue weighted by molar-refractivity contribution is 5.94. The van der Waals surface area contributed by atoms with Crippen LogP contribution in [0.3, 0.4) is 0 Å². The minimum absolute atomic E-state index is 0.0841. The van der Waals surface area contributed by atoms with E-state index in [9.17, 15) is 13.6 Å². The van der Waals surface area contributed by atoms with Gasteiger partial charge in [-0.2, -0.15) is 5.10 Å². The van der Waals surface area contributed by atoms with Crippen molar-refractivity contribution in [3.63, 3.8) is 0 Å². The normalized spacial score (nSPS) is 15.3. The second-order valence-electron chi connectivity index (χ2n) is 8.01. The molecule has 2 heterocycles. The van der Waals surface area contributed by atoms with Gasteiger partial charge in [0, 0.05) is 29.4 Å². The summed E-state index contributed by atoms with van der Waals surface area (Å²) in [6, 6.07) is 9.29. The van der Waals surface area contributed by atoms with Crippen molar-refractivity contribution in [3.8, 4) is 5.82 Å². The van der Waals surface area contributed by atoms with E-state index in [1.807, 2.05) is 19.9 Å². The average Bonchev–Trinajstić information content (AvgIpc) is 3.33. The summed E-state index contributed by atoms with van der Waals surface area (Å²) in [5.41, 5.74) is 1.59. The molecular formula is C23H24F2N4O. The Morgan fingerprint density at radius 3 is 2.40 bits per heavy atom. The number of carbonyl (C=O) groups is 1. The summed E-state index contributed by atoms with van der Waals surface area (Å²) in [4.78, 5) is 17.0. The summed E-state index contributed by atoms with van der Waals surface area (Å²) in [5, 5.41) is 7.26. The minimum Gasteiger partial charge on any atom is -0.351 e. The smallest absolute Gasteiger partial charge is 0.252 e.